The molecule has 0 heterocycles. The summed E-state index contributed by atoms with van der Waals surface area (Å²) in [6.45, 7) is 8.18. The zero-order valence-corrected chi connectivity index (χ0v) is 5.10. The van der Waals surface area contributed by atoms with E-state index in [4.69, 9.17) is 4.74 Å². The van der Waals surface area contributed by atoms with Gasteiger partial charge in [0.25, 0.3) is 0 Å². The zero-order valence-electron chi connectivity index (χ0n) is 5.10. The molecule has 3 N–H and O–H groups in total. The summed E-state index contributed by atoms with van der Waals surface area (Å²) in [5.41, 5.74) is 0. The molecular weight excluding hydrogens is 102 g/mol. The van der Waals surface area contributed by atoms with Gasteiger partial charge in [-0.05, 0) is 0 Å². The van der Waals surface area contributed by atoms with Gasteiger partial charge in [0, 0.05) is 0 Å². The van der Waals surface area contributed by atoms with E-state index in [0.29, 0.717) is 13.2 Å². The maximum absolute atomic E-state index is 4.90. The fraction of sp³-hybridized carbons (Fsp3) is 0.333. The minimum atomic E-state index is 0. The summed E-state index contributed by atoms with van der Waals surface area (Å²) in [5, 5.41) is 0. The fourth-order valence-corrected chi connectivity index (χ4v) is 0.235. The number of hydrogen-bond donors (Lipinski definition) is 1. The van der Waals surface area contributed by atoms with Crippen LogP contribution in [0.25, 0.3) is 0 Å². The Morgan fingerprint density at radius 1 is 1.12 bits per heavy atom. The van der Waals surface area contributed by atoms with Gasteiger partial charge in [-0.3, -0.25) is 0 Å². The van der Waals surface area contributed by atoms with E-state index in [1.165, 1.54) is 0 Å². The molecule has 0 fully saturated rings. The van der Waals surface area contributed by atoms with Crippen molar-refractivity contribution in [3.8, 4) is 0 Å². The van der Waals surface area contributed by atoms with E-state index in [9.17, 15) is 0 Å². The molecule has 0 aromatic rings. The lowest BCUT2D eigenvalue weighted by atomic mass is 10.6. The predicted molar refractivity (Wildman–Crippen MR) is 36.2 cm³/mol. The first-order valence-electron chi connectivity index (χ1n) is 2.21. The molecule has 0 rings (SSSR count). The fourth-order valence-electron chi connectivity index (χ4n) is 0.235. The highest BCUT2D eigenvalue weighted by molar-refractivity contribution is 4.68. The lowest BCUT2D eigenvalue weighted by Crippen LogP contribution is -1.87. The van der Waals surface area contributed by atoms with Gasteiger partial charge >= 0.3 is 0 Å². The van der Waals surface area contributed by atoms with Crippen LogP contribution >= 0.6 is 0 Å². The smallest absolute Gasteiger partial charge is 0.0649 e. The van der Waals surface area contributed by atoms with Crippen LogP contribution in [0.2, 0.25) is 0 Å². The number of hydrogen-bond acceptors (Lipinski definition) is 2. The first-order valence-corrected chi connectivity index (χ1v) is 2.21. The summed E-state index contributed by atoms with van der Waals surface area (Å²) in [6, 6.07) is 0. The molecule has 8 heavy (non-hydrogen) atoms. The van der Waals surface area contributed by atoms with Gasteiger partial charge in [-0.2, -0.15) is 0 Å². The molecular formula is C6H13NO. The molecule has 0 saturated heterocycles. The first kappa shape index (κ1) is 10.4. The van der Waals surface area contributed by atoms with Gasteiger partial charge in [0.1, 0.15) is 0 Å². The largest absolute Gasteiger partial charge is 0.373 e. The quantitative estimate of drug-likeness (QED) is 0.446. The van der Waals surface area contributed by atoms with Crippen LogP contribution in [0.5, 0.6) is 0 Å². The minimum Gasteiger partial charge on any atom is -0.373 e. The van der Waals surface area contributed by atoms with Crippen LogP contribution in [0, 0.1) is 0 Å². The van der Waals surface area contributed by atoms with Crippen LogP contribution in [0.4, 0.5) is 0 Å². The first-order chi connectivity index (χ1) is 3.41. The summed E-state index contributed by atoms with van der Waals surface area (Å²) < 4.78 is 4.90. The molecule has 0 spiro atoms. The third kappa shape index (κ3) is 9.04. The Labute approximate surface area is 50.4 Å². The van der Waals surface area contributed by atoms with Crippen LogP contribution in [-0.2, 0) is 4.74 Å². The van der Waals surface area contributed by atoms with Crippen LogP contribution in [0.1, 0.15) is 0 Å². The molecule has 2 heteroatoms. The van der Waals surface area contributed by atoms with E-state index in [0.717, 1.165) is 0 Å². The van der Waals surface area contributed by atoms with Crippen molar-refractivity contribution >= 4 is 0 Å². The molecule has 2 nitrogen and oxygen atoms in total. The highest BCUT2D eigenvalue weighted by atomic mass is 16.5. The molecule has 48 valence electrons. The Bertz CT molecular complexity index is 53.5. The van der Waals surface area contributed by atoms with Crippen molar-refractivity contribution in [1.29, 1.82) is 0 Å². The van der Waals surface area contributed by atoms with E-state index < -0.39 is 0 Å². The van der Waals surface area contributed by atoms with Gasteiger partial charge < -0.3 is 10.9 Å². The summed E-state index contributed by atoms with van der Waals surface area (Å²) in [7, 11) is 0. The second-order valence-electron chi connectivity index (χ2n) is 1.11. The van der Waals surface area contributed by atoms with E-state index in [2.05, 4.69) is 13.2 Å². The van der Waals surface area contributed by atoms with Crippen molar-refractivity contribution in [2.24, 2.45) is 0 Å². The van der Waals surface area contributed by atoms with Gasteiger partial charge in [-0.1, -0.05) is 12.2 Å². The van der Waals surface area contributed by atoms with Gasteiger partial charge in [-0.15, -0.1) is 13.2 Å². The van der Waals surface area contributed by atoms with Gasteiger partial charge in [0.2, 0.25) is 0 Å². The van der Waals surface area contributed by atoms with Crippen molar-refractivity contribution in [3.05, 3.63) is 25.3 Å². The molecule has 0 unspecified atom stereocenters. The zero-order chi connectivity index (χ0) is 5.54. The third-order valence-corrected chi connectivity index (χ3v) is 0.471. The van der Waals surface area contributed by atoms with Crippen molar-refractivity contribution < 1.29 is 4.74 Å². The van der Waals surface area contributed by atoms with Crippen LogP contribution in [0.15, 0.2) is 25.3 Å². The van der Waals surface area contributed by atoms with Gasteiger partial charge in [-0.25, -0.2) is 0 Å². The molecule has 0 aliphatic heterocycles. The molecule has 0 aromatic heterocycles. The van der Waals surface area contributed by atoms with E-state index in [1.807, 2.05) is 0 Å². The third-order valence-electron chi connectivity index (χ3n) is 0.471. The van der Waals surface area contributed by atoms with Crippen LogP contribution < -0.4 is 6.15 Å². The Kier molecular flexibility index (Phi) is 12.5. The van der Waals surface area contributed by atoms with Crippen molar-refractivity contribution in [3.63, 3.8) is 0 Å². The maximum atomic E-state index is 4.90. The molecule has 0 saturated carbocycles. The minimum absolute atomic E-state index is 0. The summed E-state index contributed by atoms with van der Waals surface area (Å²) in [4.78, 5) is 0. The Hall–Kier alpha value is -0.600. The molecule has 0 aliphatic rings. The average molecular weight is 115 g/mol. The van der Waals surface area contributed by atoms with Gasteiger partial charge in [0.05, 0.1) is 13.2 Å². The molecule has 0 amide bonds. The number of ether oxygens (including phenoxy) is 1. The van der Waals surface area contributed by atoms with Gasteiger partial charge in [0.15, 0.2) is 0 Å². The molecule has 0 aliphatic carbocycles. The average Bonchev–Trinajstić information content (AvgIpc) is 1.69. The van der Waals surface area contributed by atoms with E-state index in [1.54, 1.807) is 12.2 Å². The SMILES string of the molecule is C=CCOCC=C.N. The molecule has 0 bridgehead atoms. The van der Waals surface area contributed by atoms with E-state index >= 15 is 0 Å². The highest BCUT2D eigenvalue weighted by Gasteiger charge is 1.70. The Morgan fingerprint density at radius 2 is 1.50 bits per heavy atom. The van der Waals surface area contributed by atoms with Crippen LogP contribution in [0.3, 0.4) is 0 Å². The second-order valence-corrected chi connectivity index (χ2v) is 1.11. The normalized spacial score (nSPS) is 7.00. The molecule has 0 aromatic carbocycles. The second kappa shape index (κ2) is 9.64. The molecule has 0 atom stereocenters. The standard InChI is InChI=1S/C6H10O.H3N/c1-3-5-7-6-4-2;/h3-4H,1-2,5-6H2;1H3. The molecule has 0 radical (unpaired) electrons. The Balaban J connectivity index is 0. The topological polar surface area (TPSA) is 44.2 Å². The Morgan fingerprint density at radius 3 is 1.75 bits per heavy atom. The lowest BCUT2D eigenvalue weighted by molar-refractivity contribution is 0.194. The number of rotatable bonds is 4. The summed E-state index contributed by atoms with van der Waals surface area (Å²) in [5.74, 6) is 0. The van der Waals surface area contributed by atoms with Crippen molar-refractivity contribution in [2.45, 2.75) is 0 Å². The monoisotopic (exact) mass is 115 g/mol. The van der Waals surface area contributed by atoms with E-state index in [-0.39, 0.29) is 6.15 Å². The highest BCUT2D eigenvalue weighted by Crippen LogP contribution is 1.72. The summed E-state index contributed by atoms with van der Waals surface area (Å²) >= 11 is 0. The predicted octanol–water partition coefficient (Wildman–Crippen LogP) is 1.54. The maximum Gasteiger partial charge on any atom is 0.0649 e. The summed E-state index contributed by atoms with van der Waals surface area (Å²) in [6.07, 6.45) is 3.42. The lowest BCUT2D eigenvalue weighted by Gasteiger charge is -1.89. The van der Waals surface area contributed by atoms with Crippen molar-refractivity contribution in [2.75, 3.05) is 13.2 Å². The van der Waals surface area contributed by atoms with Crippen LogP contribution in [-0.4, -0.2) is 13.2 Å². The van der Waals surface area contributed by atoms with Crippen molar-refractivity contribution in [1.82, 2.24) is 6.15 Å².